The zero-order chi connectivity index (χ0) is 15.8. The quantitative estimate of drug-likeness (QED) is 0.855. The number of anilines is 2. The maximum atomic E-state index is 13.6. The largest absolute Gasteiger partial charge is 0.396 e. The normalized spacial score (nSPS) is 11.4. The van der Waals surface area contributed by atoms with Gasteiger partial charge in [0.2, 0.25) is 0 Å². The first kappa shape index (κ1) is 15.2. The van der Waals surface area contributed by atoms with Gasteiger partial charge in [0.25, 0.3) is 10.0 Å². The van der Waals surface area contributed by atoms with E-state index in [2.05, 4.69) is 0 Å². The van der Waals surface area contributed by atoms with Crippen molar-refractivity contribution in [1.29, 1.82) is 0 Å². The number of aryl methyl sites for hydroxylation is 1. The smallest absolute Gasteiger partial charge is 0.262 e. The molecule has 2 rings (SSSR count). The van der Waals surface area contributed by atoms with Gasteiger partial charge in [-0.1, -0.05) is 6.07 Å². The van der Waals surface area contributed by atoms with Crippen molar-refractivity contribution in [1.82, 2.24) is 0 Å². The maximum Gasteiger partial charge on any atom is 0.262 e. The molecule has 0 saturated heterocycles. The summed E-state index contributed by atoms with van der Waals surface area (Å²) < 4.78 is 66.0. The van der Waals surface area contributed by atoms with Crippen LogP contribution >= 0.6 is 0 Å². The second-order valence-electron chi connectivity index (χ2n) is 4.37. The zero-order valence-electron chi connectivity index (χ0n) is 10.8. The van der Waals surface area contributed by atoms with Crippen LogP contribution in [0.5, 0.6) is 0 Å². The van der Waals surface area contributed by atoms with E-state index in [1.165, 1.54) is 13.0 Å². The molecule has 0 amide bonds. The summed E-state index contributed by atoms with van der Waals surface area (Å²) in [5.74, 6) is -2.88. The Balaban J connectivity index is 2.47. The molecule has 2 aromatic rings. The molecule has 2 aromatic carbocycles. The third-order valence-corrected chi connectivity index (χ3v) is 4.28. The molecule has 0 aliphatic rings. The molecule has 0 spiro atoms. The Kier molecular flexibility index (Phi) is 3.82. The summed E-state index contributed by atoms with van der Waals surface area (Å²) in [4.78, 5) is -0.343. The van der Waals surface area contributed by atoms with Gasteiger partial charge in [0.1, 0.15) is 17.5 Å². The van der Waals surface area contributed by atoms with Gasteiger partial charge in [0.15, 0.2) is 0 Å². The molecule has 0 atom stereocenters. The predicted molar refractivity (Wildman–Crippen MR) is 72.7 cm³/mol. The van der Waals surface area contributed by atoms with Crippen LogP contribution in [0.1, 0.15) is 5.56 Å². The van der Waals surface area contributed by atoms with Crippen molar-refractivity contribution < 1.29 is 21.6 Å². The highest BCUT2D eigenvalue weighted by molar-refractivity contribution is 7.92. The number of hydrogen-bond acceptors (Lipinski definition) is 3. The van der Waals surface area contributed by atoms with Crippen LogP contribution in [0.2, 0.25) is 0 Å². The average Bonchev–Trinajstić information content (AvgIpc) is 2.38. The van der Waals surface area contributed by atoms with E-state index in [1.807, 2.05) is 4.72 Å². The lowest BCUT2D eigenvalue weighted by Gasteiger charge is -2.12. The number of sulfonamides is 1. The van der Waals surface area contributed by atoms with E-state index in [1.54, 1.807) is 0 Å². The summed E-state index contributed by atoms with van der Waals surface area (Å²) in [6.45, 7) is 1.46. The molecule has 0 saturated carbocycles. The van der Waals surface area contributed by atoms with Gasteiger partial charge in [-0.15, -0.1) is 0 Å². The summed E-state index contributed by atoms with van der Waals surface area (Å²) in [5.41, 5.74) is 4.61. The van der Waals surface area contributed by atoms with Gasteiger partial charge in [0, 0.05) is 6.07 Å². The lowest BCUT2D eigenvalue weighted by Crippen LogP contribution is -2.16. The van der Waals surface area contributed by atoms with E-state index >= 15 is 0 Å². The molecule has 0 aromatic heterocycles. The van der Waals surface area contributed by atoms with Crippen LogP contribution in [-0.4, -0.2) is 8.42 Å². The van der Waals surface area contributed by atoms with Gasteiger partial charge in [-0.05, 0) is 30.7 Å². The molecule has 0 aliphatic heterocycles. The third-order valence-electron chi connectivity index (χ3n) is 2.77. The fourth-order valence-electron chi connectivity index (χ4n) is 1.71. The van der Waals surface area contributed by atoms with Crippen molar-refractivity contribution in [2.75, 3.05) is 10.5 Å². The molecule has 3 N–H and O–H groups in total. The summed E-state index contributed by atoms with van der Waals surface area (Å²) in [5, 5.41) is 0. The number of nitrogens with one attached hydrogen (secondary N) is 1. The fraction of sp³-hybridized carbons (Fsp3) is 0.0769. The van der Waals surface area contributed by atoms with Crippen molar-refractivity contribution in [2.24, 2.45) is 0 Å². The van der Waals surface area contributed by atoms with Gasteiger partial charge < -0.3 is 5.73 Å². The summed E-state index contributed by atoms with van der Waals surface area (Å²) in [6, 6.07) is 4.47. The van der Waals surface area contributed by atoms with Crippen molar-refractivity contribution in [3.63, 3.8) is 0 Å². The summed E-state index contributed by atoms with van der Waals surface area (Å²) in [6.07, 6.45) is 0. The molecule has 112 valence electrons. The number of benzene rings is 2. The van der Waals surface area contributed by atoms with Crippen LogP contribution in [0, 0.1) is 24.4 Å². The van der Waals surface area contributed by atoms with Crippen LogP contribution in [0.25, 0.3) is 0 Å². The molecule has 0 radical (unpaired) electrons. The van der Waals surface area contributed by atoms with E-state index in [4.69, 9.17) is 5.73 Å². The summed E-state index contributed by atoms with van der Waals surface area (Å²) in [7, 11) is -4.23. The lowest BCUT2D eigenvalue weighted by atomic mass is 10.2. The number of nitrogen functional groups attached to an aromatic ring is 1. The van der Waals surface area contributed by atoms with Crippen molar-refractivity contribution >= 4 is 21.4 Å². The summed E-state index contributed by atoms with van der Waals surface area (Å²) >= 11 is 0. The Bertz CT molecular complexity index is 807. The molecule has 4 nitrogen and oxygen atoms in total. The second kappa shape index (κ2) is 5.28. The molecular weight excluding hydrogens is 305 g/mol. The highest BCUT2D eigenvalue weighted by Crippen LogP contribution is 2.25. The van der Waals surface area contributed by atoms with Gasteiger partial charge in [0.05, 0.1) is 16.3 Å². The number of hydrogen-bond donors (Lipinski definition) is 2. The standard InChI is InChI=1S/C13H11F3N2O2S/c1-7-2-3-8(14)4-13(7)21(19,20)18-12-6-11(17)9(15)5-10(12)16/h2-6,18H,17H2,1H3. The topological polar surface area (TPSA) is 72.2 Å². The maximum absolute atomic E-state index is 13.6. The molecule has 21 heavy (non-hydrogen) atoms. The van der Waals surface area contributed by atoms with Crippen LogP contribution in [-0.2, 0) is 10.0 Å². The fourth-order valence-corrected chi connectivity index (χ4v) is 3.02. The third kappa shape index (κ3) is 3.10. The van der Waals surface area contributed by atoms with Crippen LogP contribution in [0.15, 0.2) is 35.2 Å². The zero-order valence-corrected chi connectivity index (χ0v) is 11.6. The van der Waals surface area contributed by atoms with Crippen LogP contribution in [0.3, 0.4) is 0 Å². The first-order chi connectivity index (χ1) is 9.70. The van der Waals surface area contributed by atoms with E-state index in [-0.39, 0.29) is 10.5 Å². The number of rotatable bonds is 3. The first-order valence-electron chi connectivity index (χ1n) is 5.74. The number of halogens is 3. The Morgan fingerprint density at radius 1 is 1.05 bits per heavy atom. The molecule has 0 unspecified atom stereocenters. The predicted octanol–water partition coefficient (Wildman–Crippen LogP) is 2.80. The molecule has 0 heterocycles. The van der Waals surface area contributed by atoms with Gasteiger partial charge >= 0.3 is 0 Å². The molecular formula is C13H11F3N2O2S. The first-order valence-corrected chi connectivity index (χ1v) is 7.22. The van der Waals surface area contributed by atoms with Crippen LogP contribution in [0.4, 0.5) is 24.5 Å². The van der Waals surface area contributed by atoms with Crippen LogP contribution < -0.4 is 10.5 Å². The molecule has 8 heteroatoms. The molecule has 0 fully saturated rings. The Morgan fingerprint density at radius 2 is 1.71 bits per heavy atom. The Morgan fingerprint density at radius 3 is 2.38 bits per heavy atom. The van der Waals surface area contributed by atoms with E-state index in [0.29, 0.717) is 6.07 Å². The Labute approximate surface area is 119 Å². The highest BCUT2D eigenvalue weighted by Gasteiger charge is 2.20. The Hall–Kier alpha value is -2.22. The van der Waals surface area contributed by atoms with Gasteiger partial charge in [-0.3, -0.25) is 4.72 Å². The monoisotopic (exact) mass is 316 g/mol. The van der Waals surface area contributed by atoms with Gasteiger partial charge in [-0.25, -0.2) is 21.6 Å². The van der Waals surface area contributed by atoms with E-state index in [0.717, 1.165) is 18.2 Å². The van der Waals surface area contributed by atoms with Crippen molar-refractivity contribution in [3.8, 4) is 0 Å². The van der Waals surface area contributed by atoms with Crippen molar-refractivity contribution in [2.45, 2.75) is 11.8 Å². The minimum atomic E-state index is -4.23. The molecule has 0 bridgehead atoms. The highest BCUT2D eigenvalue weighted by atomic mass is 32.2. The lowest BCUT2D eigenvalue weighted by molar-refractivity contribution is 0.584. The van der Waals surface area contributed by atoms with Gasteiger partial charge in [-0.2, -0.15) is 0 Å². The minimum absolute atomic E-state index is 0.277. The van der Waals surface area contributed by atoms with E-state index < -0.39 is 38.8 Å². The number of nitrogens with two attached hydrogens (primary N) is 1. The SMILES string of the molecule is Cc1ccc(F)cc1S(=O)(=O)Nc1cc(N)c(F)cc1F. The molecule has 0 aliphatic carbocycles. The minimum Gasteiger partial charge on any atom is -0.396 e. The van der Waals surface area contributed by atoms with Crippen molar-refractivity contribution in [3.05, 3.63) is 53.3 Å². The average molecular weight is 316 g/mol. The van der Waals surface area contributed by atoms with E-state index in [9.17, 15) is 21.6 Å². The second-order valence-corrected chi connectivity index (χ2v) is 6.02.